The third-order valence-electron chi connectivity index (χ3n) is 4.86. The second kappa shape index (κ2) is 6.87. The molecule has 0 atom stereocenters. The summed E-state index contributed by atoms with van der Waals surface area (Å²) in [4.78, 5) is 14.1. The van der Waals surface area contributed by atoms with E-state index in [0.717, 1.165) is 45.2 Å². The van der Waals surface area contributed by atoms with Gasteiger partial charge >= 0.3 is 0 Å². The Labute approximate surface area is 168 Å². The smallest absolute Gasteiger partial charge is 0.138 e. The van der Waals surface area contributed by atoms with E-state index in [9.17, 15) is 5.11 Å². The van der Waals surface area contributed by atoms with E-state index in [2.05, 4.69) is 9.38 Å². The minimum Gasteiger partial charge on any atom is -0.508 e. The quantitative estimate of drug-likeness (QED) is 0.472. The predicted molar refractivity (Wildman–Crippen MR) is 113 cm³/mol. The van der Waals surface area contributed by atoms with Crippen LogP contribution >= 0.6 is 0 Å². The summed E-state index contributed by atoms with van der Waals surface area (Å²) in [6.07, 6.45) is 3.81. The van der Waals surface area contributed by atoms with E-state index in [4.69, 9.17) is 9.97 Å². The van der Waals surface area contributed by atoms with Gasteiger partial charge in [0.25, 0.3) is 0 Å². The minimum atomic E-state index is 0.236. The summed E-state index contributed by atoms with van der Waals surface area (Å²) in [7, 11) is 0. The first-order chi connectivity index (χ1) is 14.2. The number of aromatic hydroxyl groups is 1. The number of fused-ring (bicyclic) bond motifs is 1. The van der Waals surface area contributed by atoms with E-state index in [-0.39, 0.29) is 5.75 Å². The first-order valence-corrected chi connectivity index (χ1v) is 9.36. The van der Waals surface area contributed by atoms with Gasteiger partial charge in [0.2, 0.25) is 0 Å². The Balaban J connectivity index is 1.74. The third kappa shape index (κ3) is 3.12. The van der Waals surface area contributed by atoms with Crippen LogP contribution in [-0.2, 0) is 0 Å². The Hall–Kier alpha value is -3.99. The first kappa shape index (κ1) is 17.1. The molecule has 5 aromatic rings. The second-order valence-electron chi connectivity index (χ2n) is 6.88. The molecule has 5 nitrogen and oxygen atoms in total. The van der Waals surface area contributed by atoms with E-state index < -0.39 is 0 Å². The van der Waals surface area contributed by atoms with Crippen LogP contribution in [-0.4, -0.2) is 24.5 Å². The van der Waals surface area contributed by atoms with Crippen molar-refractivity contribution in [2.75, 3.05) is 0 Å². The molecule has 0 aliphatic heterocycles. The fraction of sp³-hybridized carbons (Fsp3) is 0.0417. The molecule has 140 valence electrons. The zero-order valence-corrected chi connectivity index (χ0v) is 15.8. The van der Waals surface area contributed by atoms with Gasteiger partial charge in [0.1, 0.15) is 17.1 Å². The van der Waals surface area contributed by atoms with Crippen LogP contribution in [0.1, 0.15) is 5.69 Å². The summed E-state index contributed by atoms with van der Waals surface area (Å²) < 4.78 is 2.08. The predicted octanol–water partition coefficient (Wildman–Crippen LogP) is 5.14. The van der Waals surface area contributed by atoms with E-state index in [0.29, 0.717) is 0 Å². The van der Waals surface area contributed by atoms with Crippen LogP contribution in [0.3, 0.4) is 0 Å². The van der Waals surface area contributed by atoms with Crippen molar-refractivity contribution >= 4 is 5.65 Å². The van der Waals surface area contributed by atoms with E-state index in [1.165, 1.54) is 0 Å². The molecule has 5 heteroatoms. The number of benzene rings is 1. The van der Waals surface area contributed by atoms with Gasteiger partial charge in [-0.25, -0.2) is 4.98 Å². The summed E-state index contributed by atoms with van der Waals surface area (Å²) in [5.74, 6) is 0.236. The highest BCUT2D eigenvalue weighted by Gasteiger charge is 2.17. The molecule has 0 amide bonds. The lowest BCUT2D eigenvalue weighted by atomic mass is 10.0. The largest absolute Gasteiger partial charge is 0.508 e. The molecule has 5 rings (SSSR count). The average Bonchev–Trinajstić information content (AvgIpc) is 3.14. The van der Waals surface area contributed by atoms with Gasteiger partial charge in [0.05, 0.1) is 17.1 Å². The number of pyridine rings is 3. The Morgan fingerprint density at radius 3 is 2.48 bits per heavy atom. The van der Waals surface area contributed by atoms with Crippen molar-refractivity contribution in [3.05, 3.63) is 90.9 Å². The number of phenols is 1. The molecule has 4 aromatic heterocycles. The maximum absolute atomic E-state index is 9.57. The van der Waals surface area contributed by atoms with Crippen molar-refractivity contribution in [2.24, 2.45) is 0 Å². The number of rotatable bonds is 3. The van der Waals surface area contributed by atoms with Crippen LogP contribution in [0.2, 0.25) is 0 Å². The van der Waals surface area contributed by atoms with Gasteiger partial charge in [-0.05, 0) is 67.6 Å². The molecule has 0 radical (unpaired) electrons. The maximum atomic E-state index is 9.57. The van der Waals surface area contributed by atoms with E-state index in [1.54, 1.807) is 18.3 Å². The zero-order chi connectivity index (χ0) is 19.8. The molecule has 1 aromatic carbocycles. The lowest BCUT2D eigenvalue weighted by Crippen LogP contribution is -1.93. The van der Waals surface area contributed by atoms with Crippen LogP contribution < -0.4 is 0 Å². The summed E-state index contributed by atoms with van der Waals surface area (Å²) in [5, 5.41) is 9.57. The minimum absolute atomic E-state index is 0.236. The summed E-state index contributed by atoms with van der Waals surface area (Å²) >= 11 is 0. The SMILES string of the molecule is Cc1cccc(-c2nc3ccccn3c2-c2ccnc(-c3ccc(O)cc3)c2)n1. The van der Waals surface area contributed by atoms with Gasteiger partial charge < -0.3 is 5.11 Å². The molecular weight excluding hydrogens is 360 g/mol. The van der Waals surface area contributed by atoms with E-state index in [1.807, 2.05) is 73.8 Å². The molecule has 0 saturated carbocycles. The Bertz CT molecular complexity index is 1320. The first-order valence-electron chi connectivity index (χ1n) is 9.36. The van der Waals surface area contributed by atoms with Crippen molar-refractivity contribution in [3.8, 4) is 39.7 Å². The number of nitrogens with zero attached hydrogens (tertiary/aromatic N) is 4. The lowest BCUT2D eigenvalue weighted by Gasteiger charge is -2.08. The normalized spacial score (nSPS) is 11.1. The number of aromatic nitrogens is 4. The van der Waals surface area contributed by atoms with Crippen molar-refractivity contribution in [3.63, 3.8) is 0 Å². The van der Waals surface area contributed by atoms with Gasteiger partial charge in [-0.1, -0.05) is 12.1 Å². The number of hydrogen-bond donors (Lipinski definition) is 1. The molecule has 0 aliphatic carbocycles. The van der Waals surface area contributed by atoms with Crippen molar-refractivity contribution in [1.29, 1.82) is 0 Å². The van der Waals surface area contributed by atoms with Crippen LogP contribution in [0.5, 0.6) is 5.75 Å². The van der Waals surface area contributed by atoms with Crippen molar-refractivity contribution < 1.29 is 5.11 Å². The Kier molecular flexibility index (Phi) is 4.06. The fourth-order valence-electron chi connectivity index (χ4n) is 3.49. The van der Waals surface area contributed by atoms with Crippen LogP contribution in [0.4, 0.5) is 0 Å². The highest BCUT2D eigenvalue weighted by Crippen LogP contribution is 2.33. The Morgan fingerprint density at radius 2 is 1.66 bits per heavy atom. The molecule has 29 heavy (non-hydrogen) atoms. The molecule has 1 N–H and O–H groups in total. The Morgan fingerprint density at radius 1 is 0.793 bits per heavy atom. The standard InChI is InChI=1S/C24H18N4O/c1-16-5-4-6-20(26-16)23-24(28-14-3-2-7-22(28)27-23)18-12-13-25-21(15-18)17-8-10-19(29)11-9-17/h2-15,29H,1H3. The molecule has 0 spiro atoms. The molecular formula is C24H18N4O. The highest BCUT2D eigenvalue weighted by molar-refractivity contribution is 5.82. The fourth-order valence-corrected chi connectivity index (χ4v) is 3.49. The lowest BCUT2D eigenvalue weighted by molar-refractivity contribution is 0.475. The van der Waals surface area contributed by atoms with Crippen LogP contribution in [0, 0.1) is 6.92 Å². The number of aryl methyl sites for hydroxylation is 1. The van der Waals surface area contributed by atoms with Gasteiger partial charge in [0.15, 0.2) is 0 Å². The van der Waals surface area contributed by atoms with Gasteiger partial charge in [-0.15, -0.1) is 0 Å². The van der Waals surface area contributed by atoms with Gasteiger partial charge in [-0.2, -0.15) is 0 Å². The third-order valence-corrected chi connectivity index (χ3v) is 4.86. The summed E-state index contributed by atoms with van der Waals surface area (Å²) in [6, 6.07) is 23.0. The van der Waals surface area contributed by atoms with Crippen LogP contribution in [0.15, 0.2) is 85.2 Å². The molecule has 0 unspecified atom stereocenters. The van der Waals surface area contributed by atoms with Crippen molar-refractivity contribution in [1.82, 2.24) is 19.4 Å². The van der Waals surface area contributed by atoms with Crippen LogP contribution in [0.25, 0.3) is 39.5 Å². The van der Waals surface area contributed by atoms with Gasteiger partial charge in [-0.3, -0.25) is 14.4 Å². The topological polar surface area (TPSA) is 63.3 Å². The van der Waals surface area contributed by atoms with E-state index >= 15 is 0 Å². The van der Waals surface area contributed by atoms with Gasteiger partial charge in [0, 0.05) is 29.2 Å². The molecule has 0 saturated heterocycles. The molecule has 4 heterocycles. The highest BCUT2D eigenvalue weighted by atomic mass is 16.3. The van der Waals surface area contributed by atoms with Crippen molar-refractivity contribution in [2.45, 2.75) is 6.92 Å². The number of hydrogen-bond acceptors (Lipinski definition) is 4. The summed E-state index contributed by atoms with van der Waals surface area (Å²) in [5.41, 5.74) is 7.23. The maximum Gasteiger partial charge on any atom is 0.138 e. The second-order valence-corrected chi connectivity index (χ2v) is 6.88. The molecule has 0 bridgehead atoms. The zero-order valence-electron chi connectivity index (χ0n) is 15.8. The average molecular weight is 378 g/mol. The summed E-state index contributed by atoms with van der Waals surface area (Å²) in [6.45, 7) is 1.98. The molecule has 0 aliphatic rings. The number of phenolic OH excluding ortho intramolecular Hbond substituents is 1. The monoisotopic (exact) mass is 378 g/mol. The molecule has 0 fully saturated rings. The number of imidazole rings is 1.